The van der Waals surface area contributed by atoms with Crippen LogP contribution in [0.1, 0.15) is 37.7 Å². The van der Waals surface area contributed by atoms with Gasteiger partial charge in [0.15, 0.2) is 5.69 Å². The van der Waals surface area contributed by atoms with Gasteiger partial charge in [0.1, 0.15) is 0 Å². The lowest BCUT2D eigenvalue weighted by Gasteiger charge is -2.13. The summed E-state index contributed by atoms with van der Waals surface area (Å²) in [5.41, 5.74) is 0.289. The average Bonchev–Trinajstić information content (AvgIpc) is 3.02. The van der Waals surface area contributed by atoms with Crippen LogP contribution in [-0.4, -0.2) is 50.0 Å². The molecule has 0 spiro atoms. The lowest BCUT2D eigenvalue weighted by Crippen LogP contribution is -2.30. The van der Waals surface area contributed by atoms with E-state index in [0.29, 0.717) is 12.5 Å². The van der Waals surface area contributed by atoms with Gasteiger partial charge in [0.05, 0.1) is 12.1 Å². The first-order valence-electron chi connectivity index (χ1n) is 7.30. The van der Waals surface area contributed by atoms with Crippen LogP contribution in [0.15, 0.2) is 6.20 Å². The molecule has 1 fully saturated rings. The Morgan fingerprint density at radius 2 is 2.14 bits per heavy atom. The molecule has 0 aromatic carbocycles. The number of carbonyl (C=O) groups is 2. The number of likely N-dealkylation sites (tertiary alicyclic amines) is 1. The lowest BCUT2D eigenvalue weighted by molar-refractivity contribution is -0.142. The molecule has 1 saturated heterocycles. The van der Waals surface area contributed by atoms with Crippen LogP contribution in [0.25, 0.3) is 0 Å². The molecule has 0 bridgehead atoms. The maximum atomic E-state index is 12.3. The summed E-state index contributed by atoms with van der Waals surface area (Å²) in [6.45, 7) is 7.53. The standard InChI is InChI=1S/C14H22N4O3/c1-9(2)4-5-18-8-12(15-16-18)13(19)17-6-10(3)11(7-17)14(20)21/h8-11H,4-7H2,1-3H3,(H,20,21)/t10-,11-/m1/s1. The van der Waals surface area contributed by atoms with E-state index in [1.165, 1.54) is 0 Å². The molecule has 2 rings (SSSR count). The molecule has 116 valence electrons. The number of nitrogens with zero attached hydrogens (tertiary/aromatic N) is 4. The molecule has 1 amide bonds. The number of aliphatic carboxylic acids is 1. The third-order valence-electron chi connectivity index (χ3n) is 3.91. The van der Waals surface area contributed by atoms with Crippen molar-refractivity contribution in [2.45, 2.75) is 33.7 Å². The Morgan fingerprint density at radius 1 is 1.43 bits per heavy atom. The van der Waals surface area contributed by atoms with Crippen LogP contribution in [0.2, 0.25) is 0 Å². The Morgan fingerprint density at radius 3 is 2.71 bits per heavy atom. The highest BCUT2D eigenvalue weighted by atomic mass is 16.4. The van der Waals surface area contributed by atoms with Gasteiger partial charge in [-0.25, -0.2) is 0 Å². The first-order valence-corrected chi connectivity index (χ1v) is 7.30. The molecule has 0 saturated carbocycles. The van der Waals surface area contributed by atoms with Crippen molar-refractivity contribution < 1.29 is 14.7 Å². The number of hydrogen-bond acceptors (Lipinski definition) is 4. The molecule has 1 N–H and O–H groups in total. The van der Waals surface area contributed by atoms with E-state index in [0.717, 1.165) is 13.0 Å². The van der Waals surface area contributed by atoms with Gasteiger partial charge in [-0.05, 0) is 18.3 Å². The van der Waals surface area contributed by atoms with Gasteiger partial charge < -0.3 is 10.0 Å². The molecule has 0 radical (unpaired) electrons. The second-order valence-corrected chi connectivity index (χ2v) is 6.18. The maximum Gasteiger partial charge on any atom is 0.308 e. The molecule has 21 heavy (non-hydrogen) atoms. The van der Waals surface area contributed by atoms with Crippen molar-refractivity contribution in [1.82, 2.24) is 19.9 Å². The molecular weight excluding hydrogens is 272 g/mol. The van der Waals surface area contributed by atoms with Crippen LogP contribution in [0.3, 0.4) is 0 Å². The molecule has 7 nitrogen and oxygen atoms in total. The van der Waals surface area contributed by atoms with Crippen molar-refractivity contribution in [1.29, 1.82) is 0 Å². The summed E-state index contributed by atoms with van der Waals surface area (Å²) in [4.78, 5) is 25.0. The Hall–Kier alpha value is -1.92. The fraction of sp³-hybridized carbons (Fsp3) is 0.714. The molecule has 1 aromatic rings. The summed E-state index contributed by atoms with van der Waals surface area (Å²) < 4.78 is 1.67. The van der Waals surface area contributed by atoms with Crippen LogP contribution in [0, 0.1) is 17.8 Å². The van der Waals surface area contributed by atoms with E-state index < -0.39 is 11.9 Å². The van der Waals surface area contributed by atoms with Crippen molar-refractivity contribution in [2.75, 3.05) is 13.1 Å². The van der Waals surface area contributed by atoms with Gasteiger partial charge in [0, 0.05) is 19.6 Å². The van der Waals surface area contributed by atoms with E-state index in [-0.39, 0.29) is 24.1 Å². The van der Waals surface area contributed by atoms with Crippen LogP contribution >= 0.6 is 0 Å². The van der Waals surface area contributed by atoms with Crippen molar-refractivity contribution in [2.24, 2.45) is 17.8 Å². The molecule has 1 aliphatic rings. The van der Waals surface area contributed by atoms with Gasteiger partial charge in [-0.2, -0.15) is 0 Å². The number of hydrogen-bond donors (Lipinski definition) is 1. The number of aryl methyl sites for hydroxylation is 1. The molecule has 1 aliphatic heterocycles. The Bertz CT molecular complexity index is 526. The van der Waals surface area contributed by atoms with E-state index in [1.807, 2.05) is 6.92 Å². The smallest absolute Gasteiger partial charge is 0.308 e. The predicted octanol–water partition coefficient (Wildman–Crippen LogP) is 1.12. The van der Waals surface area contributed by atoms with Crippen LogP contribution < -0.4 is 0 Å². The number of carboxylic acid groups (broad SMARTS) is 1. The van der Waals surface area contributed by atoms with Gasteiger partial charge in [-0.1, -0.05) is 26.0 Å². The third kappa shape index (κ3) is 3.59. The monoisotopic (exact) mass is 294 g/mol. The molecule has 0 aliphatic carbocycles. The van der Waals surface area contributed by atoms with Crippen molar-refractivity contribution in [3.8, 4) is 0 Å². The maximum absolute atomic E-state index is 12.3. The van der Waals surface area contributed by atoms with E-state index in [1.54, 1.807) is 15.8 Å². The molecule has 2 atom stereocenters. The zero-order valence-electron chi connectivity index (χ0n) is 12.7. The van der Waals surface area contributed by atoms with Gasteiger partial charge in [-0.3, -0.25) is 14.3 Å². The second kappa shape index (κ2) is 6.24. The highest BCUT2D eigenvalue weighted by Crippen LogP contribution is 2.24. The number of aromatic nitrogens is 3. The SMILES string of the molecule is CC(C)CCn1cc(C(=O)N2C[C@@H](C)[C@H](C(=O)O)C2)nn1. The zero-order valence-corrected chi connectivity index (χ0v) is 12.7. The minimum absolute atomic E-state index is 0.0394. The van der Waals surface area contributed by atoms with E-state index in [4.69, 9.17) is 5.11 Å². The number of rotatable bonds is 5. The summed E-state index contributed by atoms with van der Waals surface area (Å²) in [6.07, 6.45) is 2.61. The molecule has 1 aromatic heterocycles. The summed E-state index contributed by atoms with van der Waals surface area (Å²) in [5, 5.41) is 17.0. The van der Waals surface area contributed by atoms with E-state index in [2.05, 4.69) is 24.2 Å². The highest BCUT2D eigenvalue weighted by Gasteiger charge is 2.37. The fourth-order valence-electron chi connectivity index (χ4n) is 2.51. The summed E-state index contributed by atoms with van der Waals surface area (Å²) in [5.74, 6) is -1.06. The van der Waals surface area contributed by atoms with Crippen LogP contribution in [-0.2, 0) is 11.3 Å². The molecule has 7 heteroatoms. The van der Waals surface area contributed by atoms with Crippen molar-refractivity contribution in [3.05, 3.63) is 11.9 Å². The average molecular weight is 294 g/mol. The number of carboxylic acids is 1. The minimum atomic E-state index is -0.849. The lowest BCUT2D eigenvalue weighted by atomic mass is 9.99. The molecule has 0 unspecified atom stereocenters. The van der Waals surface area contributed by atoms with Crippen molar-refractivity contribution >= 4 is 11.9 Å². The third-order valence-corrected chi connectivity index (χ3v) is 3.91. The fourth-order valence-corrected chi connectivity index (χ4v) is 2.51. The largest absolute Gasteiger partial charge is 0.481 e. The number of amides is 1. The van der Waals surface area contributed by atoms with Crippen LogP contribution in [0.5, 0.6) is 0 Å². The Kier molecular flexibility index (Phi) is 4.59. The first kappa shape index (κ1) is 15.5. The number of carbonyl (C=O) groups excluding carboxylic acids is 1. The predicted molar refractivity (Wildman–Crippen MR) is 75.7 cm³/mol. The first-order chi connectivity index (χ1) is 9.88. The highest BCUT2D eigenvalue weighted by molar-refractivity contribution is 5.92. The molecule has 2 heterocycles. The topological polar surface area (TPSA) is 88.3 Å². The van der Waals surface area contributed by atoms with E-state index >= 15 is 0 Å². The summed E-state index contributed by atoms with van der Waals surface area (Å²) >= 11 is 0. The van der Waals surface area contributed by atoms with E-state index in [9.17, 15) is 9.59 Å². The van der Waals surface area contributed by atoms with Gasteiger partial charge in [-0.15, -0.1) is 5.10 Å². The molecular formula is C14H22N4O3. The quantitative estimate of drug-likeness (QED) is 0.879. The van der Waals surface area contributed by atoms with Crippen molar-refractivity contribution in [3.63, 3.8) is 0 Å². The summed E-state index contributed by atoms with van der Waals surface area (Å²) in [6, 6.07) is 0. The second-order valence-electron chi connectivity index (χ2n) is 6.18. The normalized spacial score (nSPS) is 22.0. The Labute approximate surface area is 123 Å². The van der Waals surface area contributed by atoms with Gasteiger partial charge in [0.25, 0.3) is 5.91 Å². The minimum Gasteiger partial charge on any atom is -0.481 e. The summed E-state index contributed by atoms with van der Waals surface area (Å²) in [7, 11) is 0. The van der Waals surface area contributed by atoms with Gasteiger partial charge in [0.2, 0.25) is 0 Å². The zero-order chi connectivity index (χ0) is 15.6. The van der Waals surface area contributed by atoms with Gasteiger partial charge >= 0.3 is 5.97 Å². The van der Waals surface area contributed by atoms with Crippen LogP contribution in [0.4, 0.5) is 0 Å². The Balaban J connectivity index is 1.99.